The molecule has 1 amide bonds. The topological polar surface area (TPSA) is 61.2 Å². The zero-order valence-electron chi connectivity index (χ0n) is 18.1. The van der Waals surface area contributed by atoms with Crippen LogP contribution in [0.25, 0.3) is 11.0 Å². The third-order valence-corrected chi connectivity index (χ3v) is 6.01. The average molecular weight is 413 g/mol. The number of methoxy groups -OCH3 is 1. The van der Waals surface area contributed by atoms with E-state index < -0.39 is 0 Å². The number of rotatable bonds is 6. The second-order valence-electron chi connectivity index (χ2n) is 8.28. The third-order valence-electron chi connectivity index (χ3n) is 6.01. The number of nitrogens with one attached hydrogen (secondary N) is 1. The summed E-state index contributed by atoms with van der Waals surface area (Å²) < 4.78 is 11.4. The lowest BCUT2D eigenvalue weighted by Crippen LogP contribution is -2.48. The first-order valence-corrected chi connectivity index (χ1v) is 10.7. The van der Waals surface area contributed by atoms with Gasteiger partial charge in [-0.2, -0.15) is 0 Å². The summed E-state index contributed by atoms with van der Waals surface area (Å²) in [5.74, 6) is 0.284. The minimum atomic E-state index is -0.108. The summed E-state index contributed by atoms with van der Waals surface area (Å²) in [7, 11) is 5.24. The smallest absolute Gasteiger partial charge is 0.289 e. The van der Waals surface area contributed by atoms with Gasteiger partial charge < -0.3 is 19.0 Å². The van der Waals surface area contributed by atoms with E-state index in [1.54, 1.807) is 26.1 Å². The number of benzene rings is 1. The van der Waals surface area contributed by atoms with E-state index in [0.29, 0.717) is 11.8 Å². The van der Waals surface area contributed by atoms with E-state index in [-0.39, 0.29) is 12.1 Å². The van der Waals surface area contributed by atoms with Crippen molar-refractivity contribution in [3.05, 3.63) is 42.2 Å². The van der Waals surface area contributed by atoms with Crippen molar-refractivity contribution in [1.82, 2.24) is 15.1 Å². The molecular weight excluding hydrogens is 380 g/mol. The number of ether oxygens (including phenoxy) is 1. The lowest BCUT2D eigenvalue weighted by atomic mass is 10.1. The standard InChI is InChI=1S/C23H32N4O3/c1-25(2)23(28)20-16-17-6-4-8-19(22(17)30-20)27-14-12-26(13-15-27)11-10-18-7-5-9-21(24-18)29-3/h4-8,16,18,21,24H,9-15H2,1-3H3. The number of piperazine rings is 1. The van der Waals surface area contributed by atoms with Gasteiger partial charge in [-0.25, -0.2) is 0 Å². The fourth-order valence-corrected chi connectivity index (χ4v) is 4.23. The summed E-state index contributed by atoms with van der Waals surface area (Å²) in [6.07, 6.45) is 6.63. The van der Waals surface area contributed by atoms with Gasteiger partial charge >= 0.3 is 0 Å². The van der Waals surface area contributed by atoms with Crippen LogP contribution in [0.3, 0.4) is 0 Å². The number of hydrogen-bond acceptors (Lipinski definition) is 6. The fraction of sp³-hybridized carbons (Fsp3) is 0.522. The predicted molar refractivity (Wildman–Crippen MR) is 119 cm³/mol. The molecule has 1 N–H and O–H groups in total. The second kappa shape index (κ2) is 9.20. The summed E-state index contributed by atoms with van der Waals surface area (Å²) >= 11 is 0. The van der Waals surface area contributed by atoms with E-state index in [1.165, 1.54) is 0 Å². The highest BCUT2D eigenvalue weighted by molar-refractivity contribution is 5.99. The molecule has 0 aliphatic carbocycles. The number of anilines is 1. The molecule has 7 heteroatoms. The minimum absolute atomic E-state index is 0.108. The molecule has 2 atom stereocenters. The Kier molecular flexibility index (Phi) is 6.41. The maximum absolute atomic E-state index is 12.3. The van der Waals surface area contributed by atoms with Crippen LogP contribution in [0.1, 0.15) is 23.4 Å². The molecule has 162 valence electrons. The van der Waals surface area contributed by atoms with Crippen LogP contribution in [0.15, 0.2) is 40.8 Å². The van der Waals surface area contributed by atoms with Gasteiger partial charge in [0.2, 0.25) is 0 Å². The van der Waals surface area contributed by atoms with Crippen LogP contribution in [0.2, 0.25) is 0 Å². The molecule has 1 aromatic carbocycles. The number of carbonyl (C=O) groups excluding carboxylic acids is 1. The molecular formula is C23H32N4O3. The number of hydrogen-bond donors (Lipinski definition) is 1. The maximum Gasteiger partial charge on any atom is 0.289 e. The van der Waals surface area contributed by atoms with E-state index in [4.69, 9.17) is 9.15 Å². The van der Waals surface area contributed by atoms with E-state index in [1.807, 2.05) is 18.2 Å². The van der Waals surface area contributed by atoms with Gasteiger partial charge in [0, 0.05) is 71.8 Å². The Bertz CT molecular complexity index is 899. The van der Waals surface area contributed by atoms with Crippen LogP contribution in [0.4, 0.5) is 5.69 Å². The SMILES string of the molecule is COC1CC=CC(CCN2CCN(c3cccc4cc(C(=O)N(C)C)oc34)CC2)N1. The van der Waals surface area contributed by atoms with Crippen LogP contribution >= 0.6 is 0 Å². The lowest BCUT2D eigenvalue weighted by Gasteiger charge is -2.37. The number of carbonyl (C=O) groups is 1. The molecule has 3 heterocycles. The van der Waals surface area contributed by atoms with Gasteiger partial charge in [0.15, 0.2) is 11.3 Å². The lowest BCUT2D eigenvalue weighted by molar-refractivity contribution is 0.0634. The van der Waals surface area contributed by atoms with E-state index in [0.717, 1.165) is 62.2 Å². The molecule has 0 bridgehead atoms. The molecule has 2 aliphatic heterocycles. The Morgan fingerprint density at radius 3 is 2.80 bits per heavy atom. The summed E-state index contributed by atoms with van der Waals surface area (Å²) in [6.45, 7) is 5.00. The van der Waals surface area contributed by atoms with Crippen molar-refractivity contribution in [2.75, 3.05) is 58.8 Å². The second-order valence-corrected chi connectivity index (χ2v) is 8.28. The van der Waals surface area contributed by atoms with Crippen molar-refractivity contribution in [2.24, 2.45) is 0 Å². The van der Waals surface area contributed by atoms with E-state index >= 15 is 0 Å². The molecule has 4 rings (SSSR count). The Morgan fingerprint density at radius 1 is 1.27 bits per heavy atom. The molecule has 2 aliphatic rings. The van der Waals surface area contributed by atoms with Crippen molar-refractivity contribution in [2.45, 2.75) is 25.1 Å². The molecule has 0 radical (unpaired) electrons. The molecule has 1 aromatic heterocycles. The normalized spacial score (nSPS) is 22.6. The molecule has 7 nitrogen and oxygen atoms in total. The van der Waals surface area contributed by atoms with Crippen molar-refractivity contribution < 1.29 is 13.9 Å². The highest BCUT2D eigenvalue weighted by atomic mass is 16.5. The van der Waals surface area contributed by atoms with Crippen molar-refractivity contribution in [3.8, 4) is 0 Å². The monoisotopic (exact) mass is 412 g/mol. The highest BCUT2D eigenvalue weighted by Crippen LogP contribution is 2.30. The maximum atomic E-state index is 12.3. The van der Waals surface area contributed by atoms with Crippen LogP contribution in [0, 0.1) is 0 Å². The molecule has 2 aromatic rings. The first kappa shape index (κ1) is 20.9. The summed E-state index contributed by atoms with van der Waals surface area (Å²) in [4.78, 5) is 18.7. The van der Waals surface area contributed by atoms with Gasteiger partial charge in [-0.1, -0.05) is 24.3 Å². The molecule has 1 fully saturated rings. The van der Waals surface area contributed by atoms with E-state index in [9.17, 15) is 4.79 Å². The van der Waals surface area contributed by atoms with Crippen molar-refractivity contribution in [1.29, 1.82) is 0 Å². The van der Waals surface area contributed by atoms with Gasteiger partial charge in [0.1, 0.15) is 6.23 Å². The minimum Gasteiger partial charge on any atom is -0.449 e. The number of amides is 1. The van der Waals surface area contributed by atoms with Gasteiger partial charge in [-0.3, -0.25) is 15.0 Å². The number of nitrogens with zero attached hydrogens (tertiary/aromatic N) is 3. The number of furan rings is 1. The van der Waals surface area contributed by atoms with Crippen LogP contribution in [0.5, 0.6) is 0 Å². The Labute approximate surface area is 178 Å². The Morgan fingerprint density at radius 2 is 2.07 bits per heavy atom. The van der Waals surface area contributed by atoms with E-state index in [2.05, 4.69) is 33.3 Å². The molecule has 0 saturated carbocycles. The van der Waals surface area contributed by atoms with Crippen molar-refractivity contribution in [3.63, 3.8) is 0 Å². The zero-order chi connectivity index (χ0) is 21.1. The quantitative estimate of drug-likeness (QED) is 0.736. The molecule has 0 spiro atoms. The van der Waals surface area contributed by atoms with Crippen LogP contribution in [-0.2, 0) is 4.74 Å². The Balaban J connectivity index is 1.36. The molecule has 1 saturated heterocycles. The largest absolute Gasteiger partial charge is 0.449 e. The summed E-state index contributed by atoms with van der Waals surface area (Å²) in [6, 6.07) is 8.36. The summed E-state index contributed by atoms with van der Waals surface area (Å²) in [5.41, 5.74) is 1.88. The zero-order valence-corrected chi connectivity index (χ0v) is 18.1. The third kappa shape index (κ3) is 4.53. The van der Waals surface area contributed by atoms with Crippen LogP contribution in [-0.4, -0.2) is 81.9 Å². The first-order valence-electron chi connectivity index (χ1n) is 10.7. The van der Waals surface area contributed by atoms with Gasteiger partial charge in [0.25, 0.3) is 5.91 Å². The first-order chi connectivity index (χ1) is 14.5. The van der Waals surface area contributed by atoms with Gasteiger partial charge in [-0.15, -0.1) is 0 Å². The van der Waals surface area contributed by atoms with Crippen LogP contribution < -0.4 is 10.2 Å². The average Bonchev–Trinajstić information content (AvgIpc) is 3.22. The number of fused-ring (bicyclic) bond motifs is 1. The molecule has 2 unspecified atom stereocenters. The predicted octanol–water partition coefficient (Wildman–Crippen LogP) is 2.54. The van der Waals surface area contributed by atoms with Gasteiger partial charge in [0.05, 0.1) is 5.69 Å². The van der Waals surface area contributed by atoms with Crippen molar-refractivity contribution >= 4 is 22.6 Å². The Hall–Kier alpha value is -2.35. The number of para-hydroxylation sites is 1. The molecule has 30 heavy (non-hydrogen) atoms. The fourth-order valence-electron chi connectivity index (χ4n) is 4.23. The van der Waals surface area contributed by atoms with Gasteiger partial charge in [-0.05, 0) is 18.6 Å². The summed E-state index contributed by atoms with van der Waals surface area (Å²) in [5, 5.41) is 4.50. The highest BCUT2D eigenvalue weighted by Gasteiger charge is 2.23.